The molecule has 1 amide bonds. The van der Waals surface area contributed by atoms with Crippen LogP contribution in [0.5, 0.6) is 0 Å². The van der Waals surface area contributed by atoms with E-state index >= 15 is 0 Å². The summed E-state index contributed by atoms with van der Waals surface area (Å²) in [6.07, 6.45) is 1.43. The van der Waals surface area contributed by atoms with Crippen LogP contribution in [-0.4, -0.2) is 11.9 Å². The Morgan fingerprint density at radius 1 is 1.24 bits per heavy atom. The molecule has 2 aromatic carbocycles. The number of rotatable bonds is 5. The van der Waals surface area contributed by atoms with Crippen molar-refractivity contribution in [1.82, 2.24) is 0 Å². The Balaban J connectivity index is 1.89. The third-order valence-electron chi connectivity index (χ3n) is 3.35. The van der Waals surface area contributed by atoms with E-state index in [1.54, 1.807) is 0 Å². The second kappa shape index (κ2) is 7.38. The number of nitrogens with two attached hydrogens (primary N) is 1. The summed E-state index contributed by atoms with van der Waals surface area (Å²) in [7, 11) is 0. The molecule has 0 heterocycles. The first-order chi connectivity index (χ1) is 10.1. The molecule has 3 nitrogen and oxygen atoms in total. The molecule has 0 saturated heterocycles. The molecule has 0 unspecified atom stereocenters. The van der Waals surface area contributed by atoms with Crippen LogP contribution in [0, 0.1) is 6.92 Å². The molecule has 0 aliphatic heterocycles. The van der Waals surface area contributed by atoms with Gasteiger partial charge in [0.05, 0.1) is 6.04 Å². The van der Waals surface area contributed by atoms with Gasteiger partial charge in [0.15, 0.2) is 0 Å². The lowest BCUT2D eigenvalue weighted by atomic mass is 10.1. The first-order valence-electron chi connectivity index (χ1n) is 6.93. The first-order valence-corrected chi connectivity index (χ1v) is 7.72. The van der Waals surface area contributed by atoms with Gasteiger partial charge in [-0.3, -0.25) is 4.79 Å². The highest BCUT2D eigenvalue weighted by molar-refractivity contribution is 9.10. The summed E-state index contributed by atoms with van der Waals surface area (Å²) in [5.74, 6) is -0.146. The van der Waals surface area contributed by atoms with Gasteiger partial charge in [0, 0.05) is 10.2 Å². The number of hydrogen-bond acceptors (Lipinski definition) is 2. The van der Waals surface area contributed by atoms with Crippen molar-refractivity contribution in [2.24, 2.45) is 5.73 Å². The highest BCUT2D eigenvalue weighted by Gasteiger charge is 2.13. The second-order valence-corrected chi connectivity index (χ2v) is 5.94. The summed E-state index contributed by atoms with van der Waals surface area (Å²) < 4.78 is 1.02. The third-order valence-corrected chi connectivity index (χ3v) is 4.24. The zero-order chi connectivity index (χ0) is 15.2. The van der Waals surface area contributed by atoms with Gasteiger partial charge in [0.2, 0.25) is 5.91 Å². The average Bonchev–Trinajstić information content (AvgIpc) is 2.49. The van der Waals surface area contributed by atoms with Gasteiger partial charge in [-0.15, -0.1) is 0 Å². The van der Waals surface area contributed by atoms with Crippen molar-refractivity contribution in [3.05, 3.63) is 64.1 Å². The summed E-state index contributed by atoms with van der Waals surface area (Å²) in [5.41, 5.74) is 9.00. The molecule has 3 N–H and O–H groups in total. The topological polar surface area (TPSA) is 55.1 Å². The van der Waals surface area contributed by atoms with Crippen LogP contribution in [-0.2, 0) is 11.2 Å². The molecule has 0 aliphatic carbocycles. The number of hydrogen-bond donors (Lipinski definition) is 2. The fraction of sp³-hybridized carbons (Fsp3) is 0.235. The normalized spacial score (nSPS) is 12.0. The molecule has 0 radical (unpaired) electrons. The van der Waals surface area contributed by atoms with Crippen LogP contribution in [0.25, 0.3) is 0 Å². The molecule has 2 aromatic rings. The predicted octanol–water partition coefficient (Wildman–Crippen LogP) is 3.66. The number of benzene rings is 2. The molecule has 2 rings (SSSR count). The Morgan fingerprint density at radius 2 is 1.95 bits per heavy atom. The van der Waals surface area contributed by atoms with Crippen molar-refractivity contribution in [2.75, 3.05) is 5.32 Å². The molecule has 110 valence electrons. The third kappa shape index (κ3) is 4.69. The van der Waals surface area contributed by atoms with E-state index in [2.05, 4.69) is 21.2 Å². The molecule has 1 atom stereocenters. The Hall–Kier alpha value is -1.65. The number of halogens is 1. The molecule has 4 heteroatoms. The van der Waals surface area contributed by atoms with Crippen LogP contribution in [0.2, 0.25) is 0 Å². The van der Waals surface area contributed by atoms with E-state index in [0.29, 0.717) is 6.42 Å². The van der Waals surface area contributed by atoms with E-state index in [1.807, 2.05) is 55.5 Å². The lowest BCUT2D eigenvalue weighted by Crippen LogP contribution is -2.36. The summed E-state index contributed by atoms with van der Waals surface area (Å²) in [6.45, 7) is 1.98. The minimum atomic E-state index is -0.505. The maximum Gasteiger partial charge on any atom is 0.241 e. The number of carbonyl (C=O) groups is 1. The Bertz CT molecular complexity index is 613. The second-order valence-electron chi connectivity index (χ2n) is 5.08. The van der Waals surface area contributed by atoms with Gasteiger partial charge in [0.25, 0.3) is 0 Å². The fourth-order valence-electron chi connectivity index (χ4n) is 2.06. The van der Waals surface area contributed by atoms with Crippen LogP contribution in [0.15, 0.2) is 53.0 Å². The van der Waals surface area contributed by atoms with Crippen molar-refractivity contribution in [2.45, 2.75) is 25.8 Å². The molecule has 0 aliphatic rings. The summed E-state index contributed by atoms with van der Waals surface area (Å²) in [6, 6.07) is 15.2. The summed E-state index contributed by atoms with van der Waals surface area (Å²) in [5, 5.41) is 2.86. The lowest BCUT2D eigenvalue weighted by Gasteiger charge is -2.13. The maximum absolute atomic E-state index is 12.1. The largest absolute Gasteiger partial charge is 0.325 e. The molecular formula is C17H19BrN2O. The van der Waals surface area contributed by atoms with Gasteiger partial charge in [-0.25, -0.2) is 0 Å². The van der Waals surface area contributed by atoms with Crippen LogP contribution >= 0.6 is 15.9 Å². The number of nitrogens with one attached hydrogen (secondary N) is 1. The number of amides is 1. The standard InChI is InChI=1S/C17H19BrN2O/c1-12-11-14(8-9-15(12)18)20-17(21)16(19)10-7-13-5-3-2-4-6-13/h2-6,8-9,11,16H,7,10,19H2,1H3,(H,20,21)/t16-/m0/s1. The molecular weight excluding hydrogens is 328 g/mol. The highest BCUT2D eigenvalue weighted by Crippen LogP contribution is 2.20. The molecule has 0 aromatic heterocycles. The highest BCUT2D eigenvalue weighted by atomic mass is 79.9. The van der Waals surface area contributed by atoms with Crippen molar-refractivity contribution in [1.29, 1.82) is 0 Å². The van der Waals surface area contributed by atoms with Gasteiger partial charge >= 0.3 is 0 Å². The minimum absolute atomic E-state index is 0.146. The van der Waals surface area contributed by atoms with E-state index in [0.717, 1.165) is 22.1 Å². The molecule has 0 spiro atoms. The van der Waals surface area contributed by atoms with Crippen molar-refractivity contribution in [3.63, 3.8) is 0 Å². The SMILES string of the molecule is Cc1cc(NC(=O)[C@@H](N)CCc2ccccc2)ccc1Br. The van der Waals surface area contributed by atoms with Crippen LogP contribution in [0.4, 0.5) is 5.69 Å². The van der Waals surface area contributed by atoms with E-state index in [9.17, 15) is 4.79 Å². The van der Waals surface area contributed by atoms with E-state index in [1.165, 1.54) is 5.56 Å². The fourth-order valence-corrected chi connectivity index (χ4v) is 2.30. The molecule has 0 saturated carbocycles. The molecule has 0 bridgehead atoms. The van der Waals surface area contributed by atoms with E-state index in [-0.39, 0.29) is 5.91 Å². The van der Waals surface area contributed by atoms with Crippen LogP contribution < -0.4 is 11.1 Å². The average molecular weight is 347 g/mol. The van der Waals surface area contributed by atoms with Gasteiger partial charge in [-0.2, -0.15) is 0 Å². The lowest BCUT2D eigenvalue weighted by molar-refractivity contribution is -0.117. The van der Waals surface area contributed by atoms with Gasteiger partial charge in [-0.05, 0) is 49.1 Å². The van der Waals surface area contributed by atoms with Crippen molar-refractivity contribution < 1.29 is 4.79 Å². The number of aryl methyl sites for hydroxylation is 2. The zero-order valence-corrected chi connectivity index (χ0v) is 13.6. The van der Waals surface area contributed by atoms with E-state index in [4.69, 9.17) is 5.73 Å². The van der Waals surface area contributed by atoms with Crippen molar-refractivity contribution >= 4 is 27.5 Å². The quantitative estimate of drug-likeness (QED) is 0.867. The maximum atomic E-state index is 12.1. The van der Waals surface area contributed by atoms with Crippen LogP contribution in [0.3, 0.4) is 0 Å². The number of carbonyl (C=O) groups excluding carboxylic acids is 1. The van der Waals surface area contributed by atoms with Gasteiger partial charge in [-0.1, -0.05) is 46.3 Å². The van der Waals surface area contributed by atoms with Gasteiger partial charge in [0.1, 0.15) is 0 Å². The summed E-state index contributed by atoms with van der Waals surface area (Å²) >= 11 is 3.44. The van der Waals surface area contributed by atoms with Crippen molar-refractivity contribution in [3.8, 4) is 0 Å². The van der Waals surface area contributed by atoms with Crippen LogP contribution in [0.1, 0.15) is 17.5 Å². The predicted molar refractivity (Wildman–Crippen MR) is 90.2 cm³/mol. The van der Waals surface area contributed by atoms with E-state index < -0.39 is 6.04 Å². The minimum Gasteiger partial charge on any atom is -0.325 e. The first kappa shape index (κ1) is 15.7. The smallest absolute Gasteiger partial charge is 0.241 e. The Labute approximate surface area is 133 Å². The Kier molecular flexibility index (Phi) is 5.53. The number of anilines is 1. The molecule has 0 fully saturated rings. The molecule has 21 heavy (non-hydrogen) atoms. The van der Waals surface area contributed by atoms with Gasteiger partial charge < -0.3 is 11.1 Å². The summed E-state index contributed by atoms with van der Waals surface area (Å²) in [4.78, 5) is 12.1. The Morgan fingerprint density at radius 3 is 2.62 bits per heavy atom. The monoisotopic (exact) mass is 346 g/mol. The zero-order valence-electron chi connectivity index (χ0n) is 12.0.